The highest BCUT2D eigenvalue weighted by Gasteiger charge is 2.30. The normalized spacial score (nSPS) is 22.5. The third-order valence-electron chi connectivity index (χ3n) is 7.86. The number of nitrogens with one attached hydrogen (secondary N) is 1. The van der Waals surface area contributed by atoms with Gasteiger partial charge < -0.3 is 15.1 Å². The third kappa shape index (κ3) is 6.49. The fourth-order valence-electron chi connectivity index (χ4n) is 5.51. The van der Waals surface area contributed by atoms with Crippen molar-refractivity contribution in [3.05, 3.63) is 34.9 Å². The van der Waals surface area contributed by atoms with Gasteiger partial charge in [-0.05, 0) is 91.2 Å². The molecule has 0 aromatic heterocycles. The lowest BCUT2D eigenvalue weighted by atomic mass is 9.89. The molecule has 1 atom stereocenters. The predicted molar refractivity (Wildman–Crippen MR) is 149 cm³/mol. The number of dihydropyridines is 1. The Hall–Kier alpha value is -2.52. The minimum atomic E-state index is -3.54. The second-order valence-electron chi connectivity index (χ2n) is 10.5. The van der Waals surface area contributed by atoms with E-state index in [9.17, 15) is 18.0 Å². The van der Waals surface area contributed by atoms with Crippen LogP contribution in [-0.4, -0.2) is 75.9 Å². The van der Waals surface area contributed by atoms with E-state index in [4.69, 9.17) is 0 Å². The molecule has 3 rings (SSSR count). The molecule has 204 valence electrons. The van der Waals surface area contributed by atoms with Gasteiger partial charge in [0.05, 0.1) is 16.6 Å². The second kappa shape index (κ2) is 11.9. The quantitative estimate of drug-likeness (QED) is 0.522. The number of carbonyl (C=O) groups excluding carboxylic acids is 2. The standard InChI is InChI=1S/C28H42N4O4S/c1-8-32(22-12-10-21(11-13-22)31(6)7)26-16-23(37(35,36)9-2)15-24(20(26)5)27(33)29-17-25-18(3)14-19(4)30-28(25)34/h14-16,21-22,25H,8-13,17H2,1-7H3,(H,29,33). The molecule has 2 amide bonds. The lowest BCUT2D eigenvalue weighted by Gasteiger charge is -2.40. The number of anilines is 1. The first-order chi connectivity index (χ1) is 17.4. The summed E-state index contributed by atoms with van der Waals surface area (Å²) >= 11 is 0. The van der Waals surface area contributed by atoms with Gasteiger partial charge in [0.1, 0.15) is 0 Å². The highest BCUT2D eigenvalue weighted by molar-refractivity contribution is 7.91. The number of nitrogens with zero attached hydrogens (tertiary/aromatic N) is 3. The molecular formula is C28H42N4O4S. The van der Waals surface area contributed by atoms with Crippen LogP contribution in [0.25, 0.3) is 0 Å². The summed E-state index contributed by atoms with van der Waals surface area (Å²) in [7, 11) is 0.688. The summed E-state index contributed by atoms with van der Waals surface area (Å²) in [5.41, 5.74) is 3.38. The SMILES string of the molecule is CCN(c1cc(S(=O)(=O)CC)cc(C(=O)NCC2C(=O)N=C(C)C=C2C)c1C)C1CCC(N(C)C)CC1. The lowest BCUT2D eigenvalue weighted by Crippen LogP contribution is -2.42. The summed E-state index contributed by atoms with van der Waals surface area (Å²) in [5, 5.41) is 2.88. The maximum absolute atomic E-state index is 13.4. The third-order valence-corrected chi connectivity index (χ3v) is 9.58. The molecule has 37 heavy (non-hydrogen) atoms. The fourth-order valence-corrected chi connectivity index (χ4v) is 6.43. The van der Waals surface area contributed by atoms with Crippen LogP contribution in [-0.2, 0) is 14.6 Å². The van der Waals surface area contributed by atoms with Gasteiger partial charge in [-0.2, -0.15) is 0 Å². The highest BCUT2D eigenvalue weighted by Crippen LogP contribution is 2.34. The number of benzene rings is 1. The van der Waals surface area contributed by atoms with Crippen LogP contribution in [0.4, 0.5) is 5.69 Å². The van der Waals surface area contributed by atoms with E-state index in [1.54, 1.807) is 19.9 Å². The zero-order valence-electron chi connectivity index (χ0n) is 23.3. The number of hydrogen-bond donors (Lipinski definition) is 1. The van der Waals surface area contributed by atoms with Crippen LogP contribution in [0, 0.1) is 12.8 Å². The van der Waals surface area contributed by atoms with Crippen LogP contribution in [0.2, 0.25) is 0 Å². The number of sulfone groups is 1. The average Bonchev–Trinajstić information content (AvgIpc) is 2.84. The molecule has 0 saturated heterocycles. The first kappa shape index (κ1) is 29.0. The van der Waals surface area contributed by atoms with Gasteiger partial charge in [0.15, 0.2) is 9.84 Å². The summed E-state index contributed by atoms with van der Waals surface area (Å²) in [6.45, 7) is 10.0. The molecule has 1 aliphatic heterocycles. The molecule has 1 fully saturated rings. The Morgan fingerprint density at radius 3 is 2.22 bits per heavy atom. The van der Waals surface area contributed by atoms with Gasteiger partial charge in [-0.1, -0.05) is 12.5 Å². The van der Waals surface area contributed by atoms with Crippen molar-refractivity contribution in [2.24, 2.45) is 10.9 Å². The van der Waals surface area contributed by atoms with Gasteiger partial charge in [-0.25, -0.2) is 13.4 Å². The Bertz CT molecular complexity index is 1190. The summed E-state index contributed by atoms with van der Waals surface area (Å²) in [6.07, 6.45) is 6.03. The van der Waals surface area contributed by atoms with Gasteiger partial charge in [-0.3, -0.25) is 9.59 Å². The van der Waals surface area contributed by atoms with E-state index >= 15 is 0 Å². The molecule has 2 aliphatic rings. The molecular weight excluding hydrogens is 488 g/mol. The number of rotatable bonds is 9. The van der Waals surface area contributed by atoms with Gasteiger partial charge in [0.2, 0.25) is 0 Å². The summed E-state index contributed by atoms with van der Waals surface area (Å²) < 4.78 is 25.9. The Morgan fingerprint density at radius 1 is 1.05 bits per heavy atom. The predicted octanol–water partition coefficient (Wildman–Crippen LogP) is 3.78. The number of amides is 2. The van der Waals surface area contributed by atoms with Crippen LogP contribution >= 0.6 is 0 Å². The smallest absolute Gasteiger partial charge is 0.254 e. The molecule has 1 unspecified atom stereocenters. The molecule has 1 aromatic rings. The van der Waals surface area contributed by atoms with Crippen molar-refractivity contribution in [1.29, 1.82) is 0 Å². The monoisotopic (exact) mass is 530 g/mol. The van der Waals surface area contributed by atoms with Crippen LogP contribution in [0.5, 0.6) is 0 Å². The Morgan fingerprint density at radius 2 is 1.68 bits per heavy atom. The van der Waals surface area contributed by atoms with Crippen LogP contribution in [0.15, 0.2) is 33.7 Å². The van der Waals surface area contributed by atoms with Crippen molar-refractivity contribution in [2.75, 3.05) is 37.8 Å². The summed E-state index contributed by atoms with van der Waals surface area (Å²) in [6, 6.07) is 4.06. The molecule has 1 saturated carbocycles. The number of allylic oxidation sites excluding steroid dienone is 1. The number of aliphatic imine (C=N–C) groups is 1. The van der Waals surface area contributed by atoms with Crippen LogP contribution in [0.1, 0.15) is 69.3 Å². The van der Waals surface area contributed by atoms with E-state index in [0.29, 0.717) is 23.9 Å². The minimum absolute atomic E-state index is 0.0471. The van der Waals surface area contributed by atoms with Gasteiger partial charge in [0, 0.05) is 42.1 Å². The molecule has 9 heteroatoms. The van der Waals surface area contributed by atoms with E-state index in [1.807, 2.05) is 19.9 Å². The van der Waals surface area contributed by atoms with E-state index in [2.05, 4.69) is 41.1 Å². The fraction of sp³-hybridized carbons (Fsp3) is 0.607. The Kier molecular flexibility index (Phi) is 9.34. The van der Waals surface area contributed by atoms with Crippen LogP contribution < -0.4 is 10.2 Å². The second-order valence-corrected chi connectivity index (χ2v) is 12.8. The molecule has 1 aliphatic carbocycles. The zero-order chi connectivity index (χ0) is 27.5. The molecule has 0 radical (unpaired) electrons. The van der Waals surface area contributed by atoms with Crippen molar-refractivity contribution < 1.29 is 18.0 Å². The first-order valence-corrected chi connectivity index (χ1v) is 14.9. The highest BCUT2D eigenvalue weighted by atomic mass is 32.2. The average molecular weight is 531 g/mol. The maximum Gasteiger partial charge on any atom is 0.254 e. The largest absolute Gasteiger partial charge is 0.369 e. The van der Waals surface area contributed by atoms with Gasteiger partial charge in [0.25, 0.3) is 11.8 Å². The van der Waals surface area contributed by atoms with E-state index in [1.165, 1.54) is 6.07 Å². The summed E-state index contributed by atoms with van der Waals surface area (Å²) in [5.74, 6) is -1.22. The number of carbonyl (C=O) groups is 2. The van der Waals surface area contributed by atoms with Gasteiger partial charge in [-0.15, -0.1) is 0 Å². The molecule has 8 nitrogen and oxygen atoms in total. The zero-order valence-corrected chi connectivity index (χ0v) is 24.1. The van der Waals surface area contributed by atoms with Crippen molar-refractivity contribution in [3.8, 4) is 0 Å². The molecule has 0 spiro atoms. The van der Waals surface area contributed by atoms with Crippen molar-refractivity contribution in [2.45, 2.75) is 77.3 Å². The summed E-state index contributed by atoms with van der Waals surface area (Å²) in [4.78, 5) is 34.5. The van der Waals surface area contributed by atoms with Crippen LogP contribution in [0.3, 0.4) is 0 Å². The topological polar surface area (TPSA) is 99.2 Å². The minimum Gasteiger partial charge on any atom is -0.369 e. The lowest BCUT2D eigenvalue weighted by molar-refractivity contribution is -0.120. The maximum atomic E-state index is 13.4. The molecule has 1 aromatic carbocycles. The Balaban J connectivity index is 1.94. The van der Waals surface area contributed by atoms with Crippen molar-refractivity contribution >= 4 is 33.1 Å². The molecule has 1 heterocycles. The Labute approximate surface area is 222 Å². The van der Waals surface area contributed by atoms with E-state index in [0.717, 1.165) is 42.5 Å². The number of hydrogen-bond acceptors (Lipinski definition) is 6. The van der Waals surface area contributed by atoms with Crippen molar-refractivity contribution in [3.63, 3.8) is 0 Å². The van der Waals surface area contributed by atoms with Crippen molar-refractivity contribution in [1.82, 2.24) is 10.2 Å². The first-order valence-electron chi connectivity index (χ1n) is 13.3. The molecule has 1 N–H and O–H groups in total. The molecule has 0 bridgehead atoms. The van der Waals surface area contributed by atoms with E-state index in [-0.39, 0.29) is 35.0 Å². The van der Waals surface area contributed by atoms with Gasteiger partial charge >= 0.3 is 0 Å². The van der Waals surface area contributed by atoms with E-state index < -0.39 is 15.8 Å².